The van der Waals surface area contributed by atoms with Crippen molar-refractivity contribution in [1.82, 2.24) is 9.97 Å². The molecule has 5 heteroatoms. The van der Waals surface area contributed by atoms with Gasteiger partial charge in [-0.05, 0) is 25.1 Å². The third kappa shape index (κ3) is 2.68. The van der Waals surface area contributed by atoms with Gasteiger partial charge in [-0.25, -0.2) is 9.97 Å². The van der Waals surface area contributed by atoms with Crippen LogP contribution in [0.3, 0.4) is 0 Å². The minimum Gasteiger partial charge on any atom is -0.291 e. The molecule has 0 amide bonds. The van der Waals surface area contributed by atoms with E-state index in [0.29, 0.717) is 10.0 Å². The second-order valence-corrected chi connectivity index (χ2v) is 4.54. The van der Waals surface area contributed by atoms with Crippen molar-refractivity contribution in [2.24, 2.45) is 4.99 Å². The summed E-state index contributed by atoms with van der Waals surface area (Å²) in [4.78, 5) is 12.5. The van der Waals surface area contributed by atoms with E-state index in [1.807, 2.05) is 19.1 Å². The Balaban J connectivity index is 2.48. The maximum Gasteiger partial charge on any atom is 0.116 e. The van der Waals surface area contributed by atoms with E-state index in [0.717, 1.165) is 22.7 Å². The largest absolute Gasteiger partial charge is 0.291 e. The first-order valence-electron chi connectivity index (χ1n) is 5.33. The van der Waals surface area contributed by atoms with E-state index in [-0.39, 0.29) is 0 Å². The molecule has 1 aromatic heterocycles. The molecule has 2 aromatic rings. The first-order chi connectivity index (χ1) is 8.61. The van der Waals surface area contributed by atoms with Crippen molar-refractivity contribution in [3.8, 4) is 11.3 Å². The molecule has 0 radical (unpaired) electrons. The number of aromatic nitrogens is 2. The van der Waals surface area contributed by atoms with Crippen LogP contribution in [0, 0.1) is 0 Å². The van der Waals surface area contributed by atoms with E-state index in [1.165, 1.54) is 6.33 Å². The Labute approximate surface area is 116 Å². The van der Waals surface area contributed by atoms with Gasteiger partial charge in [0, 0.05) is 12.6 Å². The number of rotatable bonds is 2. The third-order valence-electron chi connectivity index (χ3n) is 2.59. The van der Waals surface area contributed by atoms with E-state index in [4.69, 9.17) is 23.2 Å². The maximum absolute atomic E-state index is 5.99. The highest BCUT2D eigenvalue weighted by Gasteiger charge is 2.06. The first-order valence-corrected chi connectivity index (χ1v) is 6.08. The van der Waals surface area contributed by atoms with Gasteiger partial charge in [0.2, 0.25) is 0 Å². The summed E-state index contributed by atoms with van der Waals surface area (Å²) in [5, 5.41) is 1.04. The van der Waals surface area contributed by atoms with Crippen LogP contribution in [0.5, 0.6) is 0 Å². The Morgan fingerprint density at radius 2 is 1.89 bits per heavy atom. The highest BCUT2D eigenvalue weighted by Crippen LogP contribution is 2.27. The van der Waals surface area contributed by atoms with Crippen LogP contribution < -0.4 is 0 Å². The summed E-state index contributed by atoms with van der Waals surface area (Å²) in [6.45, 7) is 1.90. The lowest BCUT2D eigenvalue weighted by Crippen LogP contribution is -1.99. The fourth-order valence-electron chi connectivity index (χ4n) is 1.48. The summed E-state index contributed by atoms with van der Waals surface area (Å²) < 4.78 is 0. The van der Waals surface area contributed by atoms with Crippen molar-refractivity contribution in [2.75, 3.05) is 7.05 Å². The summed E-state index contributed by atoms with van der Waals surface area (Å²) >= 11 is 11.9. The van der Waals surface area contributed by atoms with Crippen LogP contribution in [0.4, 0.5) is 0 Å². The van der Waals surface area contributed by atoms with Crippen molar-refractivity contribution in [2.45, 2.75) is 6.92 Å². The second-order valence-electron chi connectivity index (χ2n) is 3.73. The van der Waals surface area contributed by atoms with Crippen LogP contribution in [0.15, 0.2) is 35.6 Å². The minimum atomic E-state index is 0.509. The summed E-state index contributed by atoms with van der Waals surface area (Å²) in [7, 11) is 1.73. The zero-order chi connectivity index (χ0) is 13.1. The Bertz CT molecular complexity index is 609. The van der Waals surface area contributed by atoms with Gasteiger partial charge in [0.1, 0.15) is 6.33 Å². The maximum atomic E-state index is 5.99. The molecule has 0 fully saturated rings. The van der Waals surface area contributed by atoms with Gasteiger partial charge in [0.05, 0.1) is 27.1 Å². The first kappa shape index (κ1) is 13.0. The Morgan fingerprint density at radius 1 is 1.11 bits per heavy atom. The molecule has 0 saturated heterocycles. The van der Waals surface area contributed by atoms with Crippen molar-refractivity contribution in [3.63, 3.8) is 0 Å². The molecule has 92 valence electrons. The Morgan fingerprint density at radius 3 is 2.56 bits per heavy atom. The highest BCUT2D eigenvalue weighted by molar-refractivity contribution is 6.42. The van der Waals surface area contributed by atoms with Gasteiger partial charge in [-0.15, -0.1) is 0 Å². The molecule has 0 aliphatic carbocycles. The molecule has 0 bridgehead atoms. The van der Waals surface area contributed by atoms with E-state index < -0.39 is 0 Å². The fourth-order valence-corrected chi connectivity index (χ4v) is 1.78. The van der Waals surface area contributed by atoms with Gasteiger partial charge in [0.15, 0.2) is 0 Å². The molecule has 0 N–H and O–H groups in total. The highest BCUT2D eigenvalue weighted by atomic mass is 35.5. The van der Waals surface area contributed by atoms with E-state index in [9.17, 15) is 0 Å². The number of benzene rings is 1. The molecule has 0 spiro atoms. The molecule has 1 heterocycles. The molecular formula is C13H11Cl2N3. The topological polar surface area (TPSA) is 38.1 Å². The molecule has 3 nitrogen and oxygen atoms in total. The standard InChI is InChI=1S/C13H11Cl2N3/c1-8(16-2)12-6-13(18-7-17-12)9-3-4-10(14)11(15)5-9/h3-7H,1-2H3. The van der Waals surface area contributed by atoms with Gasteiger partial charge < -0.3 is 0 Å². The molecule has 0 unspecified atom stereocenters. The minimum absolute atomic E-state index is 0.509. The zero-order valence-corrected chi connectivity index (χ0v) is 11.5. The third-order valence-corrected chi connectivity index (χ3v) is 3.33. The van der Waals surface area contributed by atoms with Crippen LogP contribution in [-0.4, -0.2) is 22.7 Å². The Hall–Kier alpha value is -1.45. The molecule has 0 aliphatic heterocycles. The number of nitrogens with zero attached hydrogens (tertiary/aromatic N) is 3. The number of hydrogen-bond donors (Lipinski definition) is 0. The van der Waals surface area contributed by atoms with Crippen LogP contribution in [0.1, 0.15) is 12.6 Å². The summed E-state index contributed by atoms with van der Waals surface area (Å²) in [5.74, 6) is 0. The van der Waals surface area contributed by atoms with Crippen LogP contribution in [0.2, 0.25) is 10.0 Å². The van der Waals surface area contributed by atoms with Crippen LogP contribution in [-0.2, 0) is 0 Å². The molecule has 18 heavy (non-hydrogen) atoms. The monoisotopic (exact) mass is 279 g/mol. The van der Waals surface area contributed by atoms with Crippen molar-refractivity contribution in [1.29, 1.82) is 0 Å². The molecule has 2 rings (SSSR count). The van der Waals surface area contributed by atoms with Crippen molar-refractivity contribution < 1.29 is 0 Å². The van der Waals surface area contributed by atoms with E-state index in [2.05, 4.69) is 15.0 Å². The quantitative estimate of drug-likeness (QED) is 0.783. The smallest absolute Gasteiger partial charge is 0.116 e. The normalized spacial score (nSPS) is 11.7. The molecular weight excluding hydrogens is 269 g/mol. The predicted octanol–water partition coefficient (Wildman–Crippen LogP) is 3.89. The second kappa shape index (κ2) is 5.46. The lowest BCUT2D eigenvalue weighted by Gasteiger charge is -2.04. The van der Waals surface area contributed by atoms with Gasteiger partial charge in [-0.2, -0.15) is 0 Å². The number of aliphatic imine (C=N–C) groups is 1. The SMILES string of the molecule is CN=C(C)c1cc(-c2ccc(Cl)c(Cl)c2)ncn1. The lowest BCUT2D eigenvalue weighted by atomic mass is 10.1. The van der Waals surface area contributed by atoms with Crippen LogP contribution in [0.25, 0.3) is 11.3 Å². The van der Waals surface area contributed by atoms with Crippen molar-refractivity contribution >= 4 is 28.9 Å². The van der Waals surface area contributed by atoms with Gasteiger partial charge in [-0.1, -0.05) is 29.3 Å². The average molecular weight is 280 g/mol. The number of halogens is 2. The van der Waals surface area contributed by atoms with Gasteiger partial charge >= 0.3 is 0 Å². The summed E-state index contributed by atoms with van der Waals surface area (Å²) in [5.41, 5.74) is 3.35. The number of hydrogen-bond acceptors (Lipinski definition) is 3. The van der Waals surface area contributed by atoms with Crippen molar-refractivity contribution in [3.05, 3.63) is 46.3 Å². The molecule has 0 saturated carbocycles. The van der Waals surface area contributed by atoms with Crippen LogP contribution >= 0.6 is 23.2 Å². The lowest BCUT2D eigenvalue weighted by molar-refractivity contribution is 1.15. The van der Waals surface area contributed by atoms with E-state index >= 15 is 0 Å². The average Bonchev–Trinajstić information content (AvgIpc) is 2.41. The summed E-state index contributed by atoms with van der Waals surface area (Å²) in [6, 6.07) is 7.29. The van der Waals surface area contributed by atoms with Gasteiger partial charge in [0.25, 0.3) is 0 Å². The van der Waals surface area contributed by atoms with E-state index in [1.54, 1.807) is 19.2 Å². The molecule has 1 aromatic carbocycles. The molecule has 0 atom stereocenters. The zero-order valence-electron chi connectivity index (χ0n) is 9.98. The Kier molecular flexibility index (Phi) is 3.94. The predicted molar refractivity (Wildman–Crippen MR) is 75.6 cm³/mol. The van der Waals surface area contributed by atoms with Gasteiger partial charge in [-0.3, -0.25) is 4.99 Å². The summed E-state index contributed by atoms with van der Waals surface area (Å²) in [6.07, 6.45) is 1.52. The molecule has 0 aliphatic rings. The fraction of sp³-hybridized carbons (Fsp3) is 0.154.